The summed E-state index contributed by atoms with van der Waals surface area (Å²) in [5, 5.41) is 3.50. The minimum Gasteiger partial charge on any atom is -0.385 e. The van der Waals surface area contributed by atoms with Gasteiger partial charge in [0.05, 0.1) is 12.2 Å². The zero-order chi connectivity index (χ0) is 15.3. The number of methoxy groups -OCH3 is 1. The van der Waals surface area contributed by atoms with Crippen molar-refractivity contribution in [1.82, 2.24) is 10.2 Å². The third kappa shape index (κ3) is 4.74. The van der Waals surface area contributed by atoms with Gasteiger partial charge in [-0.2, -0.15) is 0 Å². The standard InChI is InChI=1S/C16H32N2O2/c1-7-13-15(19)18(14(17-13)10-12(2)3)11-16(4,5)8-9-20-6/h12-14,17H,7-11H2,1-6H3. The molecule has 1 rings (SSSR count). The van der Waals surface area contributed by atoms with Crippen molar-refractivity contribution in [2.45, 2.75) is 66.1 Å². The second-order valence-corrected chi connectivity index (χ2v) is 7.15. The average molecular weight is 284 g/mol. The first-order chi connectivity index (χ1) is 9.30. The minimum absolute atomic E-state index is 0.00280. The Morgan fingerprint density at radius 2 is 2.05 bits per heavy atom. The van der Waals surface area contributed by atoms with E-state index in [4.69, 9.17) is 4.74 Å². The second kappa shape index (κ2) is 7.41. The summed E-state index contributed by atoms with van der Waals surface area (Å²) in [7, 11) is 1.73. The van der Waals surface area contributed by atoms with Crippen LogP contribution in [0.4, 0.5) is 0 Å². The molecule has 1 fully saturated rings. The lowest BCUT2D eigenvalue weighted by atomic mass is 9.88. The number of nitrogens with zero attached hydrogens (tertiary/aromatic N) is 1. The number of nitrogens with one attached hydrogen (secondary N) is 1. The summed E-state index contributed by atoms with van der Waals surface area (Å²) in [4.78, 5) is 14.6. The SMILES string of the molecule is CCC1NC(CC(C)C)N(CC(C)(C)CCOC)C1=O. The Bertz CT molecular complexity index is 316. The predicted molar refractivity (Wildman–Crippen MR) is 82.4 cm³/mol. The van der Waals surface area contributed by atoms with Gasteiger partial charge in [0.2, 0.25) is 5.91 Å². The zero-order valence-electron chi connectivity index (χ0n) is 14.0. The number of hydrogen-bond donors (Lipinski definition) is 1. The molecule has 1 aliphatic heterocycles. The van der Waals surface area contributed by atoms with Crippen LogP contribution in [-0.4, -0.2) is 43.3 Å². The molecule has 1 amide bonds. The summed E-state index contributed by atoms with van der Waals surface area (Å²) >= 11 is 0. The molecule has 20 heavy (non-hydrogen) atoms. The lowest BCUT2D eigenvalue weighted by Gasteiger charge is -2.34. The predicted octanol–water partition coefficient (Wildman–Crippen LogP) is 2.63. The van der Waals surface area contributed by atoms with Crippen molar-refractivity contribution >= 4 is 5.91 Å². The van der Waals surface area contributed by atoms with E-state index in [-0.39, 0.29) is 23.5 Å². The number of ether oxygens (including phenoxy) is 1. The monoisotopic (exact) mass is 284 g/mol. The molecule has 4 nitrogen and oxygen atoms in total. The van der Waals surface area contributed by atoms with Gasteiger partial charge in [0.25, 0.3) is 0 Å². The normalized spacial score (nSPS) is 23.9. The Kier molecular flexibility index (Phi) is 6.46. The van der Waals surface area contributed by atoms with Crippen LogP contribution in [0.25, 0.3) is 0 Å². The Balaban J connectivity index is 2.73. The van der Waals surface area contributed by atoms with Gasteiger partial charge in [0.15, 0.2) is 0 Å². The minimum atomic E-state index is -0.00280. The summed E-state index contributed by atoms with van der Waals surface area (Å²) in [5.74, 6) is 0.851. The Morgan fingerprint density at radius 1 is 1.40 bits per heavy atom. The van der Waals surface area contributed by atoms with Crippen LogP contribution >= 0.6 is 0 Å². The maximum atomic E-state index is 12.5. The molecule has 1 saturated heterocycles. The fraction of sp³-hybridized carbons (Fsp3) is 0.938. The van der Waals surface area contributed by atoms with E-state index in [1.807, 2.05) is 0 Å². The molecule has 0 spiro atoms. The molecule has 0 aromatic carbocycles. The zero-order valence-corrected chi connectivity index (χ0v) is 14.0. The summed E-state index contributed by atoms with van der Waals surface area (Å²) in [6.45, 7) is 12.5. The first-order valence-electron chi connectivity index (χ1n) is 7.86. The van der Waals surface area contributed by atoms with E-state index < -0.39 is 0 Å². The number of amides is 1. The van der Waals surface area contributed by atoms with Gasteiger partial charge in [-0.25, -0.2) is 0 Å². The maximum Gasteiger partial charge on any atom is 0.241 e. The highest BCUT2D eigenvalue weighted by molar-refractivity contribution is 5.84. The van der Waals surface area contributed by atoms with Crippen molar-refractivity contribution in [3.05, 3.63) is 0 Å². The molecule has 4 heteroatoms. The average Bonchev–Trinajstić information content (AvgIpc) is 2.63. The van der Waals surface area contributed by atoms with Crippen LogP contribution < -0.4 is 5.32 Å². The van der Waals surface area contributed by atoms with Gasteiger partial charge in [-0.15, -0.1) is 0 Å². The van der Waals surface area contributed by atoms with Gasteiger partial charge in [0.1, 0.15) is 0 Å². The Hall–Kier alpha value is -0.610. The van der Waals surface area contributed by atoms with E-state index in [9.17, 15) is 4.79 Å². The number of rotatable bonds is 8. The van der Waals surface area contributed by atoms with Gasteiger partial charge in [-0.3, -0.25) is 10.1 Å². The van der Waals surface area contributed by atoms with Crippen molar-refractivity contribution < 1.29 is 9.53 Å². The van der Waals surface area contributed by atoms with Crippen LogP contribution in [0, 0.1) is 11.3 Å². The lowest BCUT2D eigenvalue weighted by molar-refractivity contribution is -0.131. The van der Waals surface area contributed by atoms with Crippen LogP contribution in [0.5, 0.6) is 0 Å². The maximum absolute atomic E-state index is 12.5. The quantitative estimate of drug-likeness (QED) is 0.745. The number of carbonyl (C=O) groups excluding carboxylic acids is 1. The smallest absolute Gasteiger partial charge is 0.241 e. The lowest BCUT2D eigenvalue weighted by Crippen LogP contribution is -2.44. The van der Waals surface area contributed by atoms with Gasteiger partial charge >= 0.3 is 0 Å². The van der Waals surface area contributed by atoms with Crippen molar-refractivity contribution in [1.29, 1.82) is 0 Å². The molecule has 0 saturated carbocycles. The number of hydrogen-bond acceptors (Lipinski definition) is 3. The van der Waals surface area contributed by atoms with Gasteiger partial charge < -0.3 is 9.64 Å². The fourth-order valence-corrected chi connectivity index (χ4v) is 2.79. The van der Waals surface area contributed by atoms with Gasteiger partial charge in [-0.05, 0) is 30.6 Å². The first kappa shape index (κ1) is 17.4. The molecule has 0 bridgehead atoms. The molecular weight excluding hydrogens is 252 g/mol. The van der Waals surface area contributed by atoms with E-state index in [0.717, 1.165) is 32.4 Å². The molecule has 2 atom stereocenters. The molecular formula is C16H32N2O2. The third-order valence-corrected chi connectivity index (χ3v) is 4.04. The molecule has 1 heterocycles. The van der Waals surface area contributed by atoms with Crippen LogP contribution in [0.1, 0.15) is 53.9 Å². The van der Waals surface area contributed by atoms with Crippen LogP contribution in [-0.2, 0) is 9.53 Å². The van der Waals surface area contributed by atoms with E-state index in [0.29, 0.717) is 5.92 Å². The molecule has 0 aliphatic carbocycles. The van der Waals surface area contributed by atoms with Crippen molar-refractivity contribution in [3.63, 3.8) is 0 Å². The molecule has 0 aromatic heterocycles. The summed E-state index contributed by atoms with van der Waals surface area (Å²) in [5.41, 5.74) is 0.0885. The number of carbonyl (C=O) groups is 1. The molecule has 0 aromatic rings. The molecule has 0 radical (unpaired) electrons. The topological polar surface area (TPSA) is 41.6 Å². The largest absolute Gasteiger partial charge is 0.385 e. The van der Waals surface area contributed by atoms with Crippen LogP contribution in [0.15, 0.2) is 0 Å². The summed E-state index contributed by atoms with van der Waals surface area (Å²) in [6, 6.07) is -0.00280. The van der Waals surface area contributed by atoms with E-state index in [2.05, 4.69) is 44.8 Å². The van der Waals surface area contributed by atoms with Gasteiger partial charge in [-0.1, -0.05) is 34.6 Å². The van der Waals surface area contributed by atoms with Crippen molar-refractivity contribution in [2.75, 3.05) is 20.3 Å². The highest BCUT2D eigenvalue weighted by Gasteiger charge is 2.40. The second-order valence-electron chi connectivity index (χ2n) is 7.15. The first-order valence-corrected chi connectivity index (χ1v) is 7.86. The highest BCUT2D eigenvalue weighted by atomic mass is 16.5. The van der Waals surface area contributed by atoms with Crippen LogP contribution in [0.3, 0.4) is 0 Å². The molecule has 2 unspecified atom stereocenters. The van der Waals surface area contributed by atoms with E-state index in [1.165, 1.54) is 0 Å². The molecule has 1 aliphatic rings. The van der Waals surface area contributed by atoms with Gasteiger partial charge in [0, 0.05) is 20.3 Å². The van der Waals surface area contributed by atoms with E-state index in [1.54, 1.807) is 7.11 Å². The van der Waals surface area contributed by atoms with E-state index >= 15 is 0 Å². The third-order valence-electron chi connectivity index (χ3n) is 4.04. The van der Waals surface area contributed by atoms with Crippen LogP contribution in [0.2, 0.25) is 0 Å². The molecule has 1 N–H and O–H groups in total. The molecule has 118 valence electrons. The fourth-order valence-electron chi connectivity index (χ4n) is 2.79. The summed E-state index contributed by atoms with van der Waals surface area (Å²) < 4.78 is 5.18. The Morgan fingerprint density at radius 3 is 2.55 bits per heavy atom. The highest BCUT2D eigenvalue weighted by Crippen LogP contribution is 2.27. The van der Waals surface area contributed by atoms with Crippen molar-refractivity contribution in [3.8, 4) is 0 Å². The Labute approximate surface area is 124 Å². The summed E-state index contributed by atoms with van der Waals surface area (Å²) in [6.07, 6.45) is 3.04. The van der Waals surface area contributed by atoms with Crippen molar-refractivity contribution in [2.24, 2.45) is 11.3 Å².